The summed E-state index contributed by atoms with van der Waals surface area (Å²) in [5, 5.41) is 33.4. The number of aromatic hydroxyl groups is 2. The molecule has 0 radical (unpaired) electrons. The van der Waals surface area contributed by atoms with Crippen LogP contribution in [0.1, 0.15) is 42.9 Å². The molecule has 4 heteroatoms. The second kappa shape index (κ2) is 7.69. The van der Waals surface area contributed by atoms with E-state index in [2.05, 4.69) is 29.6 Å². The van der Waals surface area contributed by atoms with Crippen LogP contribution in [0.25, 0.3) is 0 Å². The van der Waals surface area contributed by atoms with E-state index in [1.807, 2.05) is 6.07 Å². The Balaban J connectivity index is 1.60. The van der Waals surface area contributed by atoms with E-state index in [-0.39, 0.29) is 17.5 Å². The molecule has 1 fully saturated rings. The number of phenolic OH excluding ortho intramolecular Hbond substituents is 2. The van der Waals surface area contributed by atoms with Gasteiger partial charge in [-0.2, -0.15) is 0 Å². The van der Waals surface area contributed by atoms with Gasteiger partial charge in [-0.05, 0) is 48.9 Å². The molecule has 1 aliphatic heterocycles. The van der Waals surface area contributed by atoms with Crippen molar-refractivity contribution in [1.82, 2.24) is 5.32 Å². The van der Waals surface area contributed by atoms with Gasteiger partial charge in [-0.15, -0.1) is 0 Å². The van der Waals surface area contributed by atoms with Crippen LogP contribution in [0.15, 0.2) is 48.5 Å². The van der Waals surface area contributed by atoms with Gasteiger partial charge in [0.05, 0.1) is 6.10 Å². The van der Waals surface area contributed by atoms with Crippen LogP contribution in [-0.2, 0) is 6.42 Å². The van der Waals surface area contributed by atoms with Crippen LogP contribution in [0.3, 0.4) is 0 Å². The molecule has 24 heavy (non-hydrogen) atoms. The molecule has 4 nitrogen and oxygen atoms in total. The van der Waals surface area contributed by atoms with Gasteiger partial charge in [-0.25, -0.2) is 0 Å². The van der Waals surface area contributed by atoms with Gasteiger partial charge in [0.25, 0.3) is 0 Å². The van der Waals surface area contributed by atoms with E-state index in [0.29, 0.717) is 11.6 Å². The Hall–Kier alpha value is -2.04. The number of phenols is 2. The van der Waals surface area contributed by atoms with Crippen molar-refractivity contribution in [2.45, 2.75) is 50.3 Å². The van der Waals surface area contributed by atoms with Gasteiger partial charge in [-0.3, -0.25) is 0 Å². The Morgan fingerprint density at radius 3 is 2.42 bits per heavy atom. The zero-order valence-corrected chi connectivity index (χ0v) is 13.7. The van der Waals surface area contributed by atoms with Crippen LogP contribution < -0.4 is 5.32 Å². The molecule has 0 aliphatic carbocycles. The van der Waals surface area contributed by atoms with Crippen LogP contribution in [0, 0.1) is 0 Å². The third kappa shape index (κ3) is 4.28. The summed E-state index contributed by atoms with van der Waals surface area (Å²) >= 11 is 0. The smallest absolute Gasteiger partial charge is 0.119 e. The molecule has 2 aromatic carbocycles. The molecule has 3 unspecified atom stereocenters. The van der Waals surface area contributed by atoms with E-state index in [0.717, 1.165) is 32.1 Å². The summed E-state index contributed by atoms with van der Waals surface area (Å²) in [4.78, 5) is 0. The summed E-state index contributed by atoms with van der Waals surface area (Å²) in [5.74, 6) is -0.0547. The number of aryl methyl sites for hydroxylation is 1. The van der Waals surface area contributed by atoms with Gasteiger partial charge in [0, 0.05) is 18.2 Å². The van der Waals surface area contributed by atoms with Crippen molar-refractivity contribution in [3.63, 3.8) is 0 Å². The highest BCUT2D eigenvalue weighted by molar-refractivity contribution is 5.38. The van der Waals surface area contributed by atoms with Gasteiger partial charge in [0.2, 0.25) is 0 Å². The second-order valence-corrected chi connectivity index (χ2v) is 6.65. The van der Waals surface area contributed by atoms with E-state index in [1.165, 1.54) is 23.8 Å². The van der Waals surface area contributed by atoms with E-state index in [9.17, 15) is 15.3 Å². The maximum atomic E-state index is 10.6. The SMILES string of the molecule is Oc1cc(O)cc(C(O)C2CCCC(CCc3ccccc3)N2)c1. The van der Waals surface area contributed by atoms with Crippen molar-refractivity contribution < 1.29 is 15.3 Å². The third-order valence-electron chi connectivity index (χ3n) is 4.79. The summed E-state index contributed by atoms with van der Waals surface area (Å²) in [6.07, 6.45) is 4.40. The van der Waals surface area contributed by atoms with E-state index < -0.39 is 6.10 Å². The highest BCUT2D eigenvalue weighted by Gasteiger charge is 2.27. The number of aliphatic hydroxyl groups excluding tert-OH is 1. The van der Waals surface area contributed by atoms with Crippen LogP contribution in [0.5, 0.6) is 11.5 Å². The molecule has 0 aromatic heterocycles. The number of benzene rings is 2. The Bertz CT molecular complexity index is 639. The first kappa shape index (κ1) is 16.8. The zero-order valence-electron chi connectivity index (χ0n) is 13.7. The fraction of sp³-hybridized carbons (Fsp3) is 0.400. The molecule has 2 aromatic rings. The summed E-state index contributed by atoms with van der Waals surface area (Å²) < 4.78 is 0. The lowest BCUT2D eigenvalue weighted by Crippen LogP contribution is -2.45. The van der Waals surface area contributed by atoms with Crippen molar-refractivity contribution >= 4 is 0 Å². The van der Waals surface area contributed by atoms with E-state index in [1.54, 1.807) is 0 Å². The lowest BCUT2D eigenvalue weighted by molar-refractivity contribution is 0.0995. The van der Waals surface area contributed by atoms with Gasteiger partial charge in [-0.1, -0.05) is 36.8 Å². The number of hydrogen-bond acceptors (Lipinski definition) is 4. The van der Waals surface area contributed by atoms with Crippen molar-refractivity contribution in [2.75, 3.05) is 0 Å². The van der Waals surface area contributed by atoms with Crippen molar-refractivity contribution in [2.24, 2.45) is 0 Å². The van der Waals surface area contributed by atoms with Crippen LogP contribution in [0.4, 0.5) is 0 Å². The maximum absolute atomic E-state index is 10.6. The van der Waals surface area contributed by atoms with Crippen molar-refractivity contribution in [3.05, 3.63) is 59.7 Å². The van der Waals surface area contributed by atoms with Gasteiger partial charge in [0.1, 0.15) is 11.5 Å². The predicted molar refractivity (Wildman–Crippen MR) is 94.1 cm³/mol. The predicted octanol–water partition coefficient (Wildman–Crippen LogP) is 3.27. The van der Waals surface area contributed by atoms with Crippen LogP contribution in [-0.4, -0.2) is 27.4 Å². The Labute approximate surface area is 142 Å². The molecule has 0 spiro atoms. The quantitative estimate of drug-likeness (QED) is 0.680. The molecule has 4 N–H and O–H groups in total. The lowest BCUT2D eigenvalue weighted by Gasteiger charge is -2.34. The maximum Gasteiger partial charge on any atom is 0.119 e. The van der Waals surface area contributed by atoms with Crippen molar-refractivity contribution in [3.8, 4) is 11.5 Å². The molecular weight excluding hydrogens is 302 g/mol. The first-order chi connectivity index (χ1) is 11.6. The van der Waals surface area contributed by atoms with Crippen LogP contribution >= 0.6 is 0 Å². The number of aliphatic hydroxyl groups is 1. The number of piperidine rings is 1. The topological polar surface area (TPSA) is 72.7 Å². The summed E-state index contributed by atoms with van der Waals surface area (Å²) in [6, 6.07) is 15.1. The Morgan fingerprint density at radius 2 is 1.71 bits per heavy atom. The number of hydrogen-bond donors (Lipinski definition) is 4. The highest BCUT2D eigenvalue weighted by atomic mass is 16.3. The molecule has 3 atom stereocenters. The fourth-order valence-electron chi connectivity index (χ4n) is 3.54. The van der Waals surface area contributed by atoms with Gasteiger partial charge >= 0.3 is 0 Å². The first-order valence-corrected chi connectivity index (χ1v) is 8.63. The van der Waals surface area contributed by atoms with Gasteiger partial charge in [0.15, 0.2) is 0 Å². The normalized spacial score (nSPS) is 22.2. The highest BCUT2D eigenvalue weighted by Crippen LogP contribution is 2.30. The number of nitrogens with one attached hydrogen (secondary N) is 1. The second-order valence-electron chi connectivity index (χ2n) is 6.65. The molecule has 3 rings (SSSR count). The number of rotatable bonds is 5. The van der Waals surface area contributed by atoms with E-state index in [4.69, 9.17) is 0 Å². The molecule has 0 bridgehead atoms. The summed E-state index contributed by atoms with van der Waals surface area (Å²) in [6.45, 7) is 0. The molecule has 0 amide bonds. The molecule has 1 heterocycles. The molecule has 128 valence electrons. The summed E-state index contributed by atoms with van der Waals surface area (Å²) in [7, 11) is 0. The minimum Gasteiger partial charge on any atom is -0.508 e. The minimum absolute atomic E-state index is 0.0273. The Morgan fingerprint density at radius 1 is 1.00 bits per heavy atom. The standard InChI is InChI=1S/C20H25NO3/c22-17-11-15(12-18(23)13-17)20(24)19-8-4-7-16(21-19)10-9-14-5-2-1-3-6-14/h1-3,5-6,11-13,16,19-24H,4,7-10H2. The monoisotopic (exact) mass is 327 g/mol. The van der Waals surface area contributed by atoms with E-state index >= 15 is 0 Å². The lowest BCUT2D eigenvalue weighted by atomic mass is 9.89. The molecule has 1 aliphatic rings. The largest absolute Gasteiger partial charge is 0.508 e. The van der Waals surface area contributed by atoms with Crippen molar-refractivity contribution in [1.29, 1.82) is 0 Å². The molecular formula is C20H25NO3. The molecule has 1 saturated heterocycles. The average Bonchev–Trinajstić information content (AvgIpc) is 2.59. The Kier molecular flexibility index (Phi) is 5.38. The zero-order chi connectivity index (χ0) is 16.9. The fourth-order valence-corrected chi connectivity index (χ4v) is 3.54. The average molecular weight is 327 g/mol. The minimum atomic E-state index is -0.734. The van der Waals surface area contributed by atoms with Crippen LogP contribution in [0.2, 0.25) is 0 Å². The summed E-state index contributed by atoms with van der Waals surface area (Å²) in [5.41, 5.74) is 1.88. The first-order valence-electron chi connectivity index (χ1n) is 8.63. The third-order valence-corrected chi connectivity index (χ3v) is 4.79. The molecule has 0 saturated carbocycles. The van der Waals surface area contributed by atoms with Gasteiger partial charge < -0.3 is 20.6 Å².